The zero-order valence-corrected chi connectivity index (χ0v) is 28.3. The van der Waals surface area contributed by atoms with Gasteiger partial charge in [-0.05, 0) is 114 Å². The molecule has 0 fully saturated rings. The molecule has 7 aromatic carbocycles. The molecule has 48 heavy (non-hydrogen) atoms. The van der Waals surface area contributed by atoms with Crippen molar-refractivity contribution in [2.75, 3.05) is 0 Å². The Labute approximate surface area is 286 Å². The van der Waals surface area contributed by atoms with Gasteiger partial charge in [0.05, 0.1) is 0 Å². The van der Waals surface area contributed by atoms with Crippen LogP contribution in [0.4, 0.5) is 0 Å². The van der Waals surface area contributed by atoms with Crippen molar-refractivity contribution in [3.05, 3.63) is 169 Å². The Bertz CT molecular complexity index is 2550. The summed E-state index contributed by atoms with van der Waals surface area (Å²) in [6, 6.07) is 49.3. The van der Waals surface area contributed by atoms with E-state index in [0.29, 0.717) is 0 Å². The molecule has 0 nitrogen and oxygen atoms in total. The minimum atomic E-state index is -0.0664. The van der Waals surface area contributed by atoms with E-state index >= 15 is 0 Å². The molecule has 0 N–H and O–H groups in total. The summed E-state index contributed by atoms with van der Waals surface area (Å²) in [4.78, 5) is 0. The molecule has 230 valence electrons. The highest BCUT2D eigenvalue weighted by atomic mass is 32.1. The van der Waals surface area contributed by atoms with E-state index in [2.05, 4.69) is 160 Å². The van der Waals surface area contributed by atoms with Gasteiger partial charge in [-0.15, -0.1) is 11.3 Å². The first-order valence-corrected chi connectivity index (χ1v) is 17.7. The zero-order valence-electron chi connectivity index (χ0n) is 27.4. The molecule has 1 aromatic heterocycles. The van der Waals surface area contributed by atoms with Gasteiger partial charge in [-0.2, -0.15) is 0 Å². The van der Waals surface area contributed by atoms with Crippen molar-refractivity contribution >= 4 is 64.2 Å². The summed E-state index contributed by atoms with van der Waals surface area (Å²) in [7, 11) is 0. The van der Waals surface area contributed by atoms with Crippen LogP contribution in [-0.4, -0.2) is 0 Å². The van der Waals surface area contributed by atoms with E-state index < -0.39 is 0 Å². The Morgan fingerprint density at radius 2 is 1.10 bits per heavy atom. The maximum atomic E-state index is 4.68. The molecule has 0 unspecified atom stereocenters. The molecule has 8 aromatic rings. The van der Waals surface area contributed by atoms with Crippen LogP contribution in [0.1, 0.15) is 48.9 Å². The quantitative estimate of drug-likeness (QED) is 0.160. The van der Waals surface area contributed by atoms with Crippen LogP contribution >= 0.6 is 11.3 Å². The molecule has 0 saturated heterocycles. The van der Waals surface area contributed by atoms with Crippen molar-refractivity contribution in [3.63, 3.8) is 0 Å². The third-order valence-electron chi connectivity index (χ3n) is 10.7. The second kappa shape index (κ2) is 10.9. The molecule has 0 amide bonds. The van der Waals surface area contributed by atoms with Crippen molar-refractivity contribution in [2.45, 2.75) is 32.1 Å². The minimum Gasteiger partial charge on any atom is -0.135 e. The van der Waals surface area contributed by atoms with Gasteiger partial charge in [-0.1, -0.05) is 136 Å². The first kappa shape index (κ1) is 28.9. The molecule has 0 bridgehead atoms. The highest BCUT2D eigenvalue weighted by molar-refractivity contribution is 7.25. The van der Waals surface area contributed by atoms with Crippen LogP contribution in [0.3, 0.4) is 0 Å². The molecule has 0 spiro atoms. The third-order valence-corrected chi connectivity index (χ3v) is 11.8. The Hall–Kier alpha value is -5.24. The Morgan fingerprint density at radius 1 is 0.521 bits per heavy atom. The fraction of sp³-hybridized carbons (Fsp3) is 0.106. The molecule has 1 heterocycles. The van der Waals surface area contributed by atoms with Gasteiger partial charge < -0.3 is 0 Å². The number of fused-ring (bicyclic) bond motifs is 8. The van der Waals surface area contributed by atoms with Crippen molar-refractivity contribution in [2.24, 2.45) is 0 Å². The molecule has 0 atom stereocenters. The molecule has 9 rings (SSSR count). The molecule has 1 heteroatoms. The summed E-state index contributed by atoms with van der Waals surface area (Å²) in [5.74, 6) is 0. The number of allylic oxidation sites excluding steroid dienone is 2. The zero-order chi connectivity index (χ0) is 32.6. The first-order valence-electron chi connectivity index (χ1n) is 16.9. The molecule has 1 aliphatic rings. The Kier molecular flexibility index (Phi) is 6.58. The standard InChI is InChI=1S/C47H36S/c1-29(31-14-6-5-7-15-31)22-23-30(2)45-34-17-8-10-19-36(34)46(37-20-11-9-18-35(37)45)32-24-25-41-38(26-32)39-27-40-33-16-12-13-21-43(33)48-44(40)28-42(39)47(41,3)4/h5-21,24-28H,1-2,22-23H2,3-4H3. The topological polar surface area (TPSA) is 0 Å². The lowest BCUT2D eigenvalue weighted by Crippen LogP contribution is -2.14. The average molecular weight is 633 g/mol. The van der Waals surface area contributed by atoms with E-state index in [1.165, 1.54) is 86.2 Å². The van der Waals surface area contributed by atoms with Gasteiger partial charge in [-0.3, -0.25) is 0 Å². The highest BCUT2D eigenvalue weighted by Gasteiger charge is 2.36. The van der Waals surface area contributed by atoms with Gasteiger partial charge in [0.1, 0.15) is 0 Å². The summed E-state index contributed by atoms with van der Waals surface area (Å²) >= 11 is 1.91. The summed E-state index contributed by atoms with van der Waals surface area (Å²) in [5, 5.41) is 7.76. The maximum Gasteiger partial charge on any atom is 0.0358 e. The number of thiophene rings is 1. The van der Waals surface area contributed by atoms with Gasteiger partial charge in [0.15, 0.2) is 0 Å². The van der Waals surface area contributed by atoms with Gasteiger partial charge in [0, 0.05) is 25.6 Å². The molecular formula is C47H36S. The van der Waals surface area contributed by atoms with Crippen molar-refractivity contribution in [1.29, 1.82) is 0 Å². The second-order valence-corrected chi connectivity index (χ2v) is 14.9. The maximum absolute atomic E-state index is 4.68. The Balaban J connectivity index is 1.21. The van der Waals surface area contributed by atoms with Crippen LogP contribution in [0.15, 0.2) is 147 Å². The van der Waals surface area contributed by atoms with E-state index in [1.54, 1.807) is 0 Å². The third kappa shape index (κ3) is 4.35. The summed E-state index contributed by atoms with van der Waals surface area (Å²) in [6.07, 6.45) is 1.73. The molecule has 1 aliphatic carbocycles. The first-order chi connectivity index (χ1) is 23.4. The summed E-state index contributed by atoms with van der Waals surface area (Å²) < 4.78 is 2.73. The highest BCUT2D eigenvalue weighted by Crippen LogP contribution is 2.53. The van der Waals surface area contributed by atoms with Crippen LogP contribution in [-0.2, 0) is 5.41 Å². The van der Waals surface area contributed by atoms with Crippen molar-refractivity contribution in [3.8, 4) is 22.3 Å². The van der Waals surface area contributed by atoms with Gasteiger partial charge in [0.25, 0.3) is 0 Å². The van der Waals surface area contributed by atoms with E-state index in [1.807, 2.05) is 11.3 Å². The van der Waals surface area contributed by atoms with Crippen LogP contribution in [0, 0.1) is 0 Å². The van der Waals surface area contributed by atoms with Crippen molar-refractivity contribution < 1.29 is 0 Å². The number of hydrogen-bond donors (Lipinski definition) is 0. The van der Waals surface area contributed by atoms with Crippen LogP contribution in [0.2, 0.25) is 0 Å². The summed E-state index contributed by atoms with van der Waals surface area (Å²) in [5.41, 5.74) is 12.8. The molecular weight excluding hydrogens is 597 g/mol. The lowest BCUT2D eigenvalue weighted by Gasteiger charge is -2.22. The summed E-state index contributed by atoms with van der Waals surface area (Å²) in [6.45, 7) is 13.9. The average Bonchev–Trinajstić information content (AvgIpc) is 3.59. The van der Waals surface area contributed by atoms with Crippen molar-refractivity contribution in [1.82, 2.24) is 0 Å². The molecule has 0 radical (unpaired) electrons. The molecule has 0 aliphatic heterocycles. The Morgan fingerprint density at radius 3 is 1.81 bits per heavy atom. The van der Waals surface area contributed by atoms with Crippen LogP contribution in [0.5, 0.6) is 0 Å². The smallest absolute Gasteiger partial charge is 0.0358 e. The van der Waals surface area contributed by atoms with Gasteiger partial charge in [-0.25, -0.2) is 0 Å². The van der Waals surface area contributed by atoms with Crippen LogP contribution in [0.25, 0.3) is 75.1 Å². The number of hydrogen-bond acceptors (Lipinski definition) is 1. The van der Waals surface area contributed by atoms with Crippen LogP contribution < -0.4 is 0 Å². The fourth-order valence-corrected chi connectivity index (χ4v) is 9.32. The van der Waals surface area contributed by atoms with E-state index in [-0.39, 0.29) is 5.41 Å². The predicted molar refractivity (Wildman–Crippen MR) is 211 cm³/mol. The number of benzene rings is 7. The van der Waals surface area contributed by atoms with Gasteiger partial charge in [0.2, 0.25) is 0 Å². The molecule has 0 saturated carbocycles. The van der Waals surface area contributed by atoms with E-state index in [0.717, 1.165) is 24.0 Å². The predicted octanol–water partition coefficient (Wildman–Crippen LogP) is 13.8. The normalized spacial score (nSPS) is 13.3. The monoisotopic (exact) mass is 632 g/mol. The lowest BCUT2D eigenvalue weighted by atomic mass is 9.81. The second-order valence-electron chi connectivity index (χ2n) is 13.8. The van der Waals surface area contributed by atoms with E-state index in [9.17, 15) is 0 Å². The minimum absolute atomic E-state index is 0.0664. The number of rotatable bonds is 6. The van der Waals surface area contributed by atoms with E-state index in [4.69, 9.17) is 0 Å². The lowest BCUT2D eigenvalue weighted by molar-refractivity contribution is 0.661. The van der Waals surface area contributed by atoms with Gasteiger partial charge >= 0.3 is 0 Å². The largest absolute Gasteiger partial charge is 0.135 e. The fourth-order valence-electron chi connectivity index (χ4n) is 8.19. The SMILES string of the molecule is C=C(CCC(=C)c1c2ccccc2c(-c2ccc3c(c2)-c2cc4c(cc2C3(C)C)sc2ccccc24)c2ccccc12)c1ccccc1.